The molecular formula is C17H15Cl2N3O3S. The number of hydrogen-bond acceptors (Lipinski definition) is 5. The van der Waals surface area contributed by atoms with Crippen LogP contribution in [0.1, 0.15) is 26.8 Å². The number of nitrogens with zero attached hydrogens (tertiary/aromatic N) is 2. The van der Waals surface area contributed by atoms with Gasteiger partial charge in [0.25, 0.3) is 0 Å². The Balaban J connectivity index is 2.12. The highest BCUT2D eigenvalue weighted by molar-refractivity contribution is 7.18. The van der Waals surface area contributed by atoms with E-state index in [0.717, 1.165) is 11.3 Å². The van der Waals surface area contributed by atoms with Crippen molar-refractivity contribution in [1.29, 1.82) is 0 Å². The van der Waals surface area contributed by atoms with Crippen LogP contribution < -0.4 is 10.6 Å². The first-order valence-corrected chi connectivity index (χ1v) is 9.32. The van der Waals surface area contributed by atoms with Crippen molar-refractivity contribution >= 4 is 51.2 Å². The zero-order valence-electron chi connectivity index (χ0n) is 13.5. The van der Waals surface area contributed by atoms with Gasteiger partial charge >= 0.3 is 5.97 Å². The van der Waals surface area contributed by atoms with Crippen molar-refractivity contribution in [2.45, 2.75) is 6.04 Å². The van der Waals surface area contributed by atoms with E-state index in [1.807, 2.05) is 4.90 Å². The van der Waals surface area contributed by atoms with E-state index in [1.54, 1.807) is 18.2 Å². The van der Waals surface area contributed by atoms with Crippen molar-refractivity contribution in [3.05, 3.63) is 55.7 Å². The van der Waals surface area contributed by atoms with E-state index in [4.69, 9.17) is 40.2 Å². The van der Waals surface area contributed by atoms with Crippen LogP contribution in [0.15, 0.2) is 18.2 Å². The number of carbonyl (C=O) groups is 1. The van der Waals surface area contributed by atoms with Crippen molar-refractivity contribution in [1.82, 2.24) is 0 Å². The number of hydrogen-bond donors (Lipinski definition) is 2. The molecule has 0 radical (unpaired) electrons. The number of thiophene rings is 1. The van der Waals surface area contributed by atoms with Crippen molar-refractivity contribution in [2.75, 3.05) is 31.2 Å². The molecular weight excluding hydrogens is 397 g/mol. The summed E-state index contributed by atoms with van der Waals surface area (Å²) in [6.45, 7) is 9.88. The predicted octanol–water partition coefficient (Wildman–Crippen LogP) is 4.19. The zero-order chi connectivity index (χ0) is 18.8. The third-order valence-electron chi connectivity index (χ3n) is 4.12. The molecule has 6 nitrogen and oxygen atoms in total. The molecule has 3 rings (SSSR count). The molecule has 1 unspecified atom stereocenters. The van der Waals surface area contributed by atoms with Crippen LogP contribution in [0.3, 0.4) is 0 Å². The van der Waals surface area contributed by atoms with Gasteiger partial charge in [-0.25, -0.2) is 9.64 Å². The van der Waals surface area contributed by atoms with Crippen molar-refractivity contribution < 1.29 is 14.6 Å². The molecule has 1 aromatic heterocycles. The van der Waals surface area contributed by atoms with Gasteiger partial charge in [-0.3, -0.25) is 0 Å². The minimum absolute atomic E-state index is 0.0658. The number of aromatic carboxylic acids is 1. The molecule has 1 fully saturated rings. The second-order valence-corrected chi connectivity index (χ2v) is 7.48. The first-order valence-electron chi connectivity index (χ1n) is 7.74. The molecule has 2 aromatic rings. The molecule has 0 amide bonds. The number of ether oxygens (including phenoxy) is 1. The number of carboxylic acid groups (broad SMARTS) is 1. The Bertz CT molecular complexity index is 888. The molecule has 0 aliphatic carbocycles. The summed E-state index contributed by atoms with van der Waals surface area (Å²) in [7, 11) is 0. The number of nitrogens with two attached hydrogens (primary N) is 1. The van der Waals surface area contributed by atoms with E-state index in [1.165, 1.54) is 0 Å². The van der Waals surface area contributed by atoms with E-state index < -0.39 is 12.0 Å². The molecule has 1 aliphatic rings. The standard InChI is InChI=1S/C17H15Cl2N3O3S/c1-21-14-12(13(20)9-2-3-10(18)11(19)8-9)15(17(23)24)26-16(14)22-4-6-25-7-5-22/h2-3,8,13H,4-7,20H2,(H,23,24). The molecule has 3 N–H and O–H groups in total. The molecule has 1 saturated heterocycles. The Morgan fingerprint density at radius 3 is 2.62 bits per heavy atom. The second kappa shape index (κ2) is 7.82. The highest BCUT2D eigenvalue weighted by atomic mass is 35.5. The first-order chi connectivity index (χ1) is 12.4. The van der Waals surface area contributed by atoms with Crippen LogP contribution in [-0.2, 0) is 4.74 Å². The van der Waals surface area contributed by atoms with Crippen LogP contribution in [0.5, 0.6) is 0 Å². The van der Waals surface area contributed by atoms with Crippen LogP contribution >= 0.6 is 34.5 Å². The second-order valence-electron chi connectivity index (χ2n) is 5.67. The van der Waals surface area contributed by atoms with Crippen LogP contribution in [0.2, 0.25) is 10.0 Å². The summed E-state index contributed by atoms with van der Waals surface area (Å²) in [6, 6.07) is 4.09. The van der Waals surface area contributed by atoms with Crippen molar-refractivity contribution in [3.63, 3.8) is 0 Å². The lowest BCUT2D eigenvalue weighted by molar-refractivity contribution is 0.0701. The summed E-state index contributed by atoms with van der Waals surface area (Å²) >= 11 is 13.1. The lowest BCUT2D eigenvalue weighted by Gasteiger charge is -2.28. The Hall–Kier alpha value is -1.82. The summed E-state index contributed by atoms with van der Waals surface area (Å²) in [4.78, 5) is 17.5. The topological polar surface area (TPSA) is 80.2 Å². The van der Waals surface area contributed by atoms with E-state index in [9.17, 15) is 9.90 Å². The van der Waals surface area contributed by atoms with Gasteiger partial charge in [-0.1, -0.05) is 29.3 Å². The lowest BCUT2D eigenvalue weighted by atomic mass is 9.98. The fourth-order valence-corrected chi connectivity index (χ4v) is 4.32. The number of anilines is 1. The minimum Gasteiger partial charge on any atom is -0.477 e. The predicted molar refractivity (Wildman–Crippen MR) is 103 cm³/mol. The summed E-state index contributed by atoms with van der Waals surface area (Å²) in [6.07, 6.45) is 0. The van der Waals surface area contributed by atoms with Gasteiger partial charge in [-0.15, -0.1) is 11.3 Å². The van der Waals surface area contributed by atoms with Crippen LogP contribution in [0.4, 0.5) is 10.7 Å². The van der Waals surface area contributed by atoms with Gasteiger partial charge in [-0.2, -0.15) is 0 Å². The molecule has 0 saturated carbocycles. The van der Waals surface area contributed by atoms with Crippen LogP contribution in [-0.4, -0.2) is 37.4 Å². The summed E-state index contributed by atoms with van der Waals surface area (Å²) < 4.78 is 5.34. The maximum Gasteiger partial charge on any atom is 0.344 e. The number of carboxylic acids is 1. The average Bonchev–Trinajstić information content (AvgIpc) is 3.04. The van der Waals surface area contributed by atoms with Crippen LogP contribution in [0.25, 0.3) is 4.85 Å². The van der Waals surface area contributed by atoms with Gasteiger partial charge in [-0.05, 0) is 17.7 Å². The fourth-order valence-electron chi connectivity index (χ4n) is 2.83. The highest BCUT2D eigenvalue weighted by Crippen LogP contribution is 2.47. The molecule has 0 spiro atoms. The first kappa shape index (κ1) is 19.0. The lowest BCUT2D eigenvalue weighted by Crippen LogP contribution is -2.35. The molecule has 1 aromatic carbocycles. The Morgan fingerprint density at radius 2 is 2.04 bits per heavy atom. The molecule has 9 heteroatoms. The molecule has 1 atom stereocenters. The molecule has 26 heavy (non-hydrogen) atoms. The molecule has 2 heterocycles. The maximum absolute atomic E-state index is 11.8. The quantitative estimate of drug-likeness (QED) is 0.737. The van der Waals surface area contributed by atoms with E-state index in [2.05, 4.69) is 4.85 Å². The Kier molecular flexibility index (Phi) is 5.70. The average molecular weight is 412 g/mol. The highest BCUT2D eigenvalue weighted by Gasteiger charge is 2.30. The van der Waals surface area contributed by atoms with Gasteiger partial charge < -0.3 is 20.5 Å². The van der Waals surface area contributed by atoms with Gasteiger partial charge in [0.1, 0.15) is 4.88 Å². The number of morpholine rings is 1. The van der Waals surface area contributed by atoms with E-state index in [0.29, 0.717) is 52.5 Å². The van der Waals surface area contributed by atoms with E-state index >= 15 is 0 Å². The van der Waals surface area contributed by atoms with Gasteiger partial charge in [0.15, 0.2) is 0 Å². The van der Waals surface area contributed by atoms with Crippen molar-refractivity contribution in [2.24, 2.45) is 5.73 Å². The summed E-state index contributed by atoms with van der Waals surface area (Å²) in [5, 5.41) is 11.0. The monoisotopic (exact) mass is 411 g/mol. The smallest absolute Gasteiger partial charge is 0.344 e. The zero-order valence-corrected chi connectivity index (χ0v) is 15.9. The number of halogens is 2. The van der Waals surface area contributed by atoms with Gasteiger partial charge in [0.05, 0.1) is 34.8 Å². The third kappa shape index (κ3) is 3.52. The SMILES string of the molecule is [C-]#[N+]c1c(N2CCOCC2)sc(C(=O)O)c1C(N)c1ccc(Cl)c(Cl)c1. The number of rotatable bonds is 4. The molecule has 1 aliphatic heterocycles. The number of benzene rings is 1. The van der Waals surface area contributed by atoms with Gasteiger partial charge in [0, 0.05) is 24.7 Å². The van der Waals surface area contributed by atoms with Crippen molar-refractivity contribution in [3.8, 4) is 0 Å². The van der Waals surface area contributed by atoms with Crippen LogP contribution in [0, 0.1) is 6.57 Å². The van der Waals surface area contributed by atoms with Gasteiger partial charge in [0.2, 0.25) is 5.69 Å². The molecule has 0 bridgehead atoms. The third-order valence-corrected chi connectivity index (χ3v) is 6.10. The summed E-state index contributed by atoms with van der Waals surface area (Å²) in [5.41, 5.74) is 7.52. The molecule has 136 valence electrons. The normalized spacial score (nSPS) is 15.5. The van der Waals surface area contributed by atoms with E-state index in [-0.39, 0.29) is 10.6 Å². The summed E-state index contributed by atoms with van der Waals surface area (Å²) in [5.74, 6) is -1.11. The Labute approximate surface area is 164 Å². The minimum atomic E-state index is -1.11. The largest absolute Gasteiger partial charge is 0.477 e. The Morgan fingerprint density at radius 1 is 1.35 bits per heavy atom. The fraction of sp³-hybridized carbons (Fsp3) is 0.294. The maximum atomic E-state index is 11.8.